The van der Waals surface area contributed by atoms with Crippen LogP contribution in [0.1, 0.15) is 50.1 Å². The highest BCUT2D eigenvalue weighted by molar-refractivity contribution is 7.99. The zero-order chi connectivity index (χ0) is 23.0. The number of hydrogen-bond acceptors (Lipinski definition) is 7. The summed E-state index contributed by atoms with van der Waals surface area (Å²) in [5.41, 5.74) is 9.96. The number of benzene rings is 1. The first-order valence-corrected chi connectivity index (χ1v) is 13.0. The molecule has 0 bridgehead atoms. The molecule has 172 valence electrons. The summed E-state index contributed by atoms with van der Waals surface area (Å²) in [6, 6.07) is 4.02. The van der Waals surface area contributed by atoms with Crippen LogP contribution >= 0.6 is 11.8 Å². The molecule has 2 heterocycles. The summed E-state index contributed by atoms with van der Waals surface area (Å²) in [6.07, 6.45) is 2.51. The normalized spacial score (nSPS) is 16.2. The Bertz CT molecular complexity index is 1260. The molecule has 0 radical (unpaired) electrons. The lowest BCUT2D eigenvalue weighted by atomic mass is 10.0. The van der Waals surface area contributed by atoms with E-state index < -0.39 is 21.4 Å². The van der Waals surface area contributed by atoms with Gasteiger partial charge < -0.3 is 10.3 Å². The standard InChI is InChI=1S/C21H27FN6O2S2/c1-4-13-9-14-5-6-16(22)15(14)10-17(13)31-21-27-18-19(23)24-11-25-20(18)28(21)8-7-26-32(29,30)12(2)3/h9-12,16,26H,4-8H2,1-3H3,(H2,23,24,25). The fraction of sp³-hybridized carbons (Fsp3) is 0.476. The number of sulfonamides is 1. The second kappa shape index (κ2) is 8.95. The summed E-state index contributed by atoms with van der Waals surface area (Å²) in [4.78, 5) is 13.9. The molecule has 0 saturated carbocycles. The van der Waals surface area contributed by atoms with Gasteiger partial charge in [-0.25, -0.2) is 32.5 Å². The van der Waals surface area contributed by atoms with Crippen molar-refractivity contribution < 1.29 is 12.8 Å². The van der Waals surface area contributed by atoms with Gasteiger partial charge in [0.2, 0.25) is 10.0 Å². The highest BCUT2D eigenvalue weighted by atomic mass is 32.2. The van der Waals surface area contributed by atoms with E-state index in [1.807, 2.05) is 10.6 Å². The van der Waals surface area contributed by atoms with Crippen LogP contribution in [0, 0.1) is 0 Å². The predicted molar refractivity (Wildman–Crippen MR) is 124 cm³/mol. The Hall–Kier alpha value is -2.24. The van der Waals surface area contributed by atoms with Crippen molar-refractivity contribution in [3.8, 4) is 0 Å². The van der Waals surface area contributed by atoms with E-state index in [9.17, 15) is 12.8 Å². The minimum Gasteiger partial charge on any atom is -0.382 e. The van der Waals surface area contributed by atoms with Crippen LogP contribution in [0.4, 0.5) is 10.2 Å². The molecule has 1 aliphatic rings. The van der Waals surface area contributed by atoms with Gasteiger partial charge in [-0.05, 0) is 55.9 Å². The summed E-state index contributed by atoms with van der Waals surface area (Å²) in [5.74, 6) is 0.256. The number of halogens is 1. The number of hydrogen-bond donors (Lipinski definition) is 2. The maximum atomic E-state index is 14.4. The molecular formula is C21H27FN6O2S2. The number of aromatic nitrogens is 4. The highest BCUT2D eigenvalue weighted by Gasteiger charge is 2.25. The number of fused-ring (bicyclic) bond motifs is 2. The van der Waals surface area contributed by atoms with Gasteiger partial charge >= 0.3 is 0 Å². The number of aryl methyl sites for hydroxylation is 2. The van der Waals surface area contributed by atoms with Gasteiger partial charge in [-0.1, -0.05) is 24.8 Å². The second-order valence-corrected chi connectivity index (χ2v) is 11.4. The van der Waals surface area contributed by atoms with Crippen LogP contribution in [0.15, 0.2) is 28.5 Å². The first-order valence-electron chi connectivity index (χ1n) is 10.6. The lowest BCUT2D eigenvalue weighted by Crippen LogP contribution is -2.33. The van der Waals surface area contributed by atoms with E-state index in [-0.39, 0.29) is 12.4 Å². The van der Waals surface area contributed by atoms with E-state index in [2.05, 4.69) is 32.7 Å². The average Bonchev–Trinajstić information content (AvgIpc) is 3.28. The zero-order valence-electron chi connectivity index (χ0n) is 18.3. The lowest BCUT2D eigenvalue weighted by molar-refractivity contribution is 0.343. The summed E-state index contributed by atoms with van der Waals surface area (Å²) < 4.78 is 43.1. The van der Waals surface area contributed by atoms with Crippen LogP contribution in [-0.2, 0) is 29.4 Å². The first kappa shape index (κ1) is 22.9. The van der Waals surface area contributed by atoms with Gasteiger partial charge in [0.25, 0.3) is 0 Å². The number of imidazole rings is 1. The molecule has 1 unspecified atom stereocenters. The van der Waals surface area contributed by atoms with Crippen molar-refractivity contribution in [2.24, 2.45) is 0 Å². The van der Waals surface area contributed by atoms with Crippen LogP contribution in [-0.4, -0.2) is 39.7 Å². The smallest absolute Gasteiger partial charge is 0.213 e. The number of anilines is 1. The van der Waals surface area contributed by atoms with Crippen molar-refractivity contribution in [2.45, 2.75) is 68.1 Å². The van der Waals surface area contributed by atoms with Gasteiger partial charge in [0, 0.05) is 18.0 Å². The van der Waals surface area contributed by atoms with Gasteiger partial charge in [0.05, 0.1) is 5.25 Å². The van der Waals surface area contributed by atoms with Crippen LogP contribution in [0.25, 0.3) is 11.2 Å². The minimum absolute atomic E-state index is 0.181. The molecule has 0 fully saturated rings. The Morgan fingerprint density at radius 1 is 1.34 bits per heavy atom. The Morgan fingerprint density at radius 3 is 2.84 bits per heavy atom. The van der Waals surface area contributed by atoms with Crippen LogP contribution in [0.2, 0.25) is 0 Å². The number of nitrogens with two attached hydrogens (primary N) is 1. The Morgan fingerprint density at radius 2 is 2.12 bits per heavy atom. The van der Waals surface area contributed by atoms with E-state index in [1.165, 1.54) is 18.1 Å². The average molecular weight is 479 g/mol. The van der Waals surface area contributed by atoms with Gasteiger partial charge in [-0.3, -0.25) is 0 Å². The van der Waals surface area contributed by atoms with Crippen LogP contribution in [0.3, 0.4) is 0 Å². The summed E-state index contributed by atoms with van der Waals surface area (Å²) >= 11 is 1.42. The molecule has 8 nitrogen and oxygen atoms in total. The monoisotopic (exact) mass is 478 g/mol. The zero-order valence-corrected chi connectivity index (χ0v) is 19.9. The van der Waals surface area contributed by atoms with Crippen LogP contribution in [0.5, 0.6) is 0 Å². The number of rotatable bonds is 8. The maximum absolute atomic E-state index is 14.4. The molecule has 0 amide bonds. The number of nitrogen functional groups attached to an aromatic ring is 1. The SMILES string of the molecule is CCc1cc2c(cc1Sc1nc3c(N)ncnc3n1CCNS(=O)(=O)C(C)C)C(F)CC2. The third kappa shape index (κ3) is 4.33. The number of nitrogens with one attached hydrogen (secondary N) is 1. The first-order chi connectivity index (χ1) is 15.2. The molecule has 1 aliphatic carbocycles. The third-order valence-corrected chi connectivity index (χ3v) is 8.64. The minimum atomic E-state index is -3.40. The fourth-order valence-electron chi connectivity index (χ4n) is 3.79. The predicted octanol–water partition coefficient (Wildman–Crippen LogP) is 3.41. The molecule has 0 saturated heterocycles. The van der Waals surface area contributed by atoms with Crippen molar-refractivity contribution in [1.29, 1.82) is 0 Å². The number of nitrogens with zero attached hydrogens (tertiary/aromatic N) is 4. The van der Waals surface area contributed by atoms with E-state index in [0.29, 0.717) is 29.3 Å². The Balaban J connectivity index is 1.71. The van der Waals surface area contributed by atoms with E-state index in [1.54, 1.807) is 13.8 Å². The maximum Gasteiger partial charge on any atom is 0.213 e. The fourth-order valence-corrected chi connectivity index (χ4v) is 5.64. The van der Waals surface area contributed by atoms with Gasteiger partial charge in [-0.2, -0.15) is 0 Å². The molecule has 0 aliphatic heterocycles. The second-order valence-electron chi connectivity index (χ2n) is 8.09. The molecule has 3 aromatic rings. The van der Waals surface area contributed by atoms with E-state index >= 15 is 0 Å². The van der Waals surface area contributed by atoms with Crippen LogP contribution < -0.4 is 10.5 Å². The number of alkyl halides is 1. The van der Waals surface area contributed by atoms with Crippen molar-refractivity contribution in [1.82, 2.24) is 24.2 Å². The van der Waals surface area contributed by atoms with Gasteiger partial charge in [0.15, 0.2) is 22.1 Å². The largest absolute Gasteiger partial charge is 0.382 e. The molecular weight excluding hydrogens is 451 g/mol. The van der Waals surface area contributed by atoms with Crippen molar-refractivity contribution >= 4 is 38.8 Å². The molecule has 3 N–H and O–H groups in total. The summed E-state index contributed by atoms with van der Waals surface area (Å²) in [6.45, 7) is 5.83. The summed E-state index contributed by atoms with van der Waals surface area (Å²) in [7, 11) is -3.40. The van der Waals surface area contributed by atoms with Crippen molar-refractivity contribution in [2.75, 3.05) is 12.3 Å². The molecule has 4 rings (SSSR count). The van der Waals surface area contributed by atoms with Gasteiger partial charge in [-0.15, -0.1) is 0 Å². The van der Waals surface area contributed by atoms with E-state index in [4.69, 9.17) is 5.73 Å². The highest BCUT2D eigenvalue weighted by Crippen LogP contribution is 2.40. The topological polar surface area (TPSA) is 116 Å². The van der Waals surface area contributed by atoms with Crippen molar-refractivity contribution in [3.05, 3.63) is 35.2 Å². The molecule has 1 aromatic carbocycles. The molecule has 0 spiro atoms. The molecule has 11 heteroatoms. The Kier molecular flexibility index (Phi) is 6.42. The summed E-state index contributed by atoms with van der Waals surface area (Å²) in [5, 5.41) is 0.0834. The molecule has 1 atom stereocenters. The van der Waals surface area contributed by atoms with E-state index in [0.717, 1.165) is 34.4 Å². The molecule has 2 aromatic heterocycles. The lowest BCUT2D eigenvalue weighted by Gasteiger charge is -2.14. The molecule has 32 heavy (non-hydrogen) atoms. The quantitative estimate of drug-likeness (QED) is 0.510. The van der Waals surface area contributed by atoms with Gasteiger partial charge in [0.1, 0.15) is 12.5 Å². The third-order valence-electron chi connectivity index (χ3n) is 5.69. The van der Waals surface area contributed by atoms with Crippen molar-refractivity contribution in [3.63, 3.8) is 0 Å². The Labute approximate surface area is 191 Å².